The molecule has 1 atom stereocenters. The van der Waals surface area contributed by atoms with Crippen molar-refractivity contribution in [3.63, 3.8) is 0 Å². The highest BCUT2D eigenvalue weighted by Crippen LogP contribution is 2.58. The molecule has 3 aliphatic rings. The number of nitrogens with one attached hydrogen (secondary N) is 2. The third-order valence-electron chi connectivity index (χ3n) is 5.42. The van der Waals surface area contributed by atoms with Gasteiger partial charge in [0.1, 0.15) is 5.75 Å². The van der Waals surface area contributed by atoms with Crippen molar-refractivity contribution in [3.8, 4) is 5.75 Å². The van der Waals surface area contributed by atoms with Gasteiger partial charge in [-0.15, -0.1) is 0 Å². The molecule has 1 saturated heterocycles. The molecular weight excluding hydrogens is 276 g/mol. The summed E-state index contributed by atoms with van der Waals surface area (Å²) in [5.74, 6) is 1.88. The second kappa shape index (κ2) is 5.58. The molecule has 1 aliphatic heterocycles. The molecule has 0 bridgehead atoms. The van der Waals surface area contributed by atoms with Crippen molar-refractivity contribution in [2.75, 3.05) is 25.0 Å². The summed E-state index contributed by atoms with van der Waals surface area (Å²) in [5, 5.41) is 6.48. The summed E-state index contributed by atoms with van der Waals surface area (Å²) in [6, 6.07) is 7.80. The van der Waals surface area contributed by atoms with E-state index < -0.39 is 0 Å². The maximum atomic E-state index is 12.6. The van der Waals surface area contributed by atoms with E-state index in [1.54, 1.807) is 0 Å². The largest absolute Gasteiger partial charge is 0.491 e. The quantitative estimate of drug-likeness (QED) is 0.879. The minimum Gasteiger partial charge on any atom is -0.491 e. The van der Waals surface area contributed by atoms with Crippen LogP contribution in [0.4, 0.5) is 5.69 Å². The topological polar surface area (TPSA) is 50.4 Å². The van der Waals surface area contributed by atoms with Gasteiger partial charge in [0.25, 0.3) is 0 Å². The highest BCUT2D eigenvalue weighted by molar-refractivity contribution is 5.96. The van der Waals surface area contributed by atoms with Crippen molar-refractivity contribution < 1.29 is 9.53 Å². The van der Waals surface area contributed by atoms with Gasteiger partial charge in [-0.3, -0.25) is 4.79 Å². The Morgan fingerprint density at radius 2 is 2.05 bits per heavy atom. The lowest BCUT2D eigenvalue weighted by atomic mass is 9.92. The number of hydrogen-bond acceptors (Lipinski definition) is 3. The van der Waals surface area contributed by atoms with Crippen molar-refractivity contribution >= 4 is 11.6 Å². The van der Waals surface area contributed by atoms with Crippen molar-refractivity contribution in [3.05, 3.63) is 24.3 Å². The number of piperidine rings is 1. The Hall–Kier alpha value is -1.55. The Morgan fingerprint density at radius 1 is 1.27 bits per heavy atom. The van der Waals surface area contributed by atoms with Crippen LogP contribution < -0.4 is 15.4 Å². The first kappa shape index (κ1) is 14.1. The van der Waals surface area contributed by atoms with Crippen LogP contribution >= 0.6 is 0 Å². The molecule has 2 N–H and O–H groups in total. The molecule has 4 nitrogen and oxygen atoms in total. The van der Waals surface area contributed by atoms with Crippen molar-refractivity contribution in [1.82, 2.24) is 5.32 Å². The predicted octanol–water partition coefficient (Wildman–Crippen LogP) is 2.80. The summed E-state index contributed by atoms with van der Waals surface area (Å²) < 4.78 is 5.87. The predicted molar refractivity (Wildman–Crippen MR) is 85.9 cm³/mol. The van der Waals surface area contributed by atoms with Gasteiger partial charge < -0.3 is 15.4 Å². The molecule has 1 unspecified atom stereocenters. The summed E-state index contributed by atoms with van der Waals surface area (Å²) in [4.78, 5) is 12.6. The standard InChI is InChI=1S/C18H24N2O2/c21-17(14-11-18(14)7-9-19-10-8-18)20-15-3-1-2-4-16(15)22-12-13-5-6-13/h1-4,13-14,19H,5-12H2,(H,20,21). The van der Waals surface area contributed by atoms with Crippen LogP contribution in [0.5, 0.6) is 5.75 Å². The SMILES string of the molecule is O=C(Nc1ccccc1OCC1CC1)C1CC12CCNCC2. The molecule has 1 amide bonds. The molecule has 1 heterocycles. The fraction of sp³-hybridized carbons (Fsp3) is 0.611. The number of para-hydroxylation sites is 2. The molecule has 4 rings (SSSR count). The number of rotatable bonds is 5. The number of amides is 1. The maximum absolute atomic E-state index is 12.6. The van der Waals surface area contributed by atoms with Crippen LogP contribution in [0.25, 0.3) is 0 Å². The van der Waals surface area contributed by atoms with E-state index in [9.17, 15) is 4.79 Å². The zero-order valence-corrected chi connectivity index (χ0v) is 12.9. The average molecular weight is 300 g/mol. The van der Waals surface area contributed by atoms with Crippen LogP contribution in [-0.2, 0) is 4.79 Å². The summed E-state index contributed by atoms with van der Waals surface area (Å²) in [7, 11) is 0. The number of ether oxygens (including phenoxy) is 1. The lowest BCUT2D eigenvalue weighted by Gasteiger charge is -2.23. The minimum atomic E-state index is 0.171. The van der Waals surface area contributed by atoms with Gasteiger partial charge in [0.2, 0.25) is 5.91 Å². The van der Waals surface area contributed by atoms with Crippen LogP contribution in [0.1, 0.15) is 32.1 Å². The molecule has 2 aliphatic carbocycles. The normalized spacial score (nSPS) is 25.7. The molecule has 4 heteroatoms. The van der Waals surface area contributed by atoms with Gasteiger partial charge in [0.15, 0.2) is 0 Å². The second-order valence-electron chi connectivity index (χ2n) is 7.11. The monoisotopic (exact) mass is 300 g/mol. The highest BCUT2D eigenvalue weighted by atomic mass is 16.5. The fourth-order valence-electron chi connectivity index (χ4n) is 3.60. The zero-order valence-electron chi connectivity index (χ0n) is 12.9. The molecule has 2 saturated carbocycles. The van der Waals surface area contributed by atoms with Gasteiger partial charge in [-0.25, -0.2) is 0 Å². The Balaban J connectivity index is 1.39. The average Bonchev–Trinajstić information content (AvgIpc) is 3.45. The molecule has 22 heavy (non-hydrogen) atoms. The maximum Gasteiger partial charge on any atom is 0.228 e. The number of hydrogen-bond donors (Lipinski definition) is 2. The van der Waals surface area contributed by atoms with E-state index in [0.717, 1.165) is 50.4 Å². The number of anilines is 1. The summed E-state index contributed by atoms with van der Waals surface area (Å²) in [5.41, 5.74) is 1.10. The number of carbonyl (C=O) groups excluding carboxylic acids is 1. The van der Waals surface area contributed by atoms with Gasteiger partial charge in [0, 0.05) is 5.92 Å². The van der Waals surface area contributed by atoms with E-state index in [0.29, 0.717) is 5.92 Å². The van der Waals surface area contributed by atoms with Gasteiger partial charge in [-0.2, -0.15) is 0 Å². The van der Waals surface area contributed by atoms with E-state index in [1.165, 1.54) is 12.8 Å². The molecule has 1 aromatic carbocycles. The molecule has 3 fully saturated rings. The van der Waals surface area contributed by atoms with Gasteiger partial charge in [-0.05, 0) is 68.7 Å². The smallest absolute Gasteiger partial charge is 0.228 e. The van der Waals surface area contributed by atoms with E-state index in [1.807, 2.05) is 24.3 Å². The lowest BCUT2D eigenvalue weighted by Crippen LogP contribution is -2.31. The van der Waals surface area contributed by atoms with E-state index in [4.69, 9.17) is 4.74 Å². The summed E-state index contributed by atoms with van der Waals surface area (Å²) in [6.45, 7) is 2.86. The Bertz CT molecular complexity index is 562. The first-order valence-corrected chi connectivity index (χ1v) is 8.50. The van der Waals surface area contributed by atoms with E-state index in [2.05, 4.69) is 10.6 Å². The van der Waals surface area contributed by atoms with Crippen LogP contribution in [0.2, 0.25) is 0 Å². The van der Waals surface area contributed by atoms with Crippen molar-refractivity contribution in [1.29, 1.82) is 0 Å². The summed E-state index contributed by atoms with van der Waals surface area (Å²) in [6.07, 6.45) is 5.85. The van der Waals surface area contributed by atoms with E-state index in [-0.39, 0.29) is 17.2 Å². The zero-order chi connectivity index (χ0) is 15.0. The number of carbonyl (C=O) groups is 1. The highest BCUT2D eigenvalue weighted by Gasteiger charge is 2.57. The summed E-state index contributed by atoms with van der Waals surface area (Å²) >= 11 is 0. The Morgan fingerprint density at radius 3 is 2.82 bits per heavy atom. The second-order valence-corrected chi connectivity index (χ2v) is 7.11. The molecule has 1 aromatic rings. The van der Waals surface area contributed by atoms with Crippen LogP contribution in [0, 0.1) is 17.3 Å². The lowest BCUT2D eigenvalue weighted by molar-refractivity contribution is -0.118. The van der Waals surface area contributed by atoms with Crippen LogP contribution in [0.3, 0.4) is 0 Å². The first-order valence-electron chi connectivity index (χ1n) is 8.50. The third kappa shape index (κ3) is 2.84. The molecular formula is C18H24N2O2. The van der Waals surface area contributed by atoms with Crippen molar-refractivity contribution in [2.24, 2.45) is 17.3 Å². The third-order valence-corrected chi connectivity index (χ3v) is 5.42. The Kier molecular flexibility index (Phi) is 3.57. The minimum absolute atomic E-state index is 0.171. The van der Waals surface area contributed by atoms with Gasteiger partial charge in [-0.1, -0.05) is 12.1 Å². The Labute approximate surface area is 131 Å². The van der Waals surface area contributed by atoms with Gasteiger partial charge >= 0.3 is 0 Å². The molecule has 1 spiro atoms. The number of benzene rings is 1. The van der Waals surface area contributed by atoms with Crippen LogP contribution in [0.15, 0.2) is 24.3 Å². The van der Waals surface area contributed by atoms with Crippen molar-refractivity contribution in [2.45, 2.75) is 32.1 Å². The van der Waals surface area contributed by atoms with Gasteiger partial charge in [0.05, 0.1) is 12.3 Å². The molecule has 0 radical (unpaired) electrons. The first-order chi connectivity index (χ1) is 10.8. The van der Waals surface area contributed by atoms with E-state index >= 15 is 0 Å². The molecule has 0 aromatic heterocycles. The molecule has 118 valence electrons. The fourth-order valence-corrected chi connectivity index (χ4v) is 3.60. The van der Waals surface area contributed by atoms with Crippen LogP contribution in [-0.4, -0.2) is 25.6 Å².